The molecule has 172 valence electrons. The first-order valence-corrected chi connectivity index (χ1v) is 13.7. The number of hydrogen-bond acceptors (Lipinski definition) is 6. The van der Waals surface area contributed by atoms with Gasteiger partial charge in [0.15, 0.2) is 0 Å². The molecule has 4 rings (SSSR count). The van der Waals surface area contributed by atoms with Crippen LogP contribution in [0.15, 0.2) is 28.3 Å². The maximum Gasteiger partial charge on any atom is 0.282 e. The van der Waals surface area contributed by atoms with E-state index in [9.17, 15) is 21.6 Å². The van der Waals surface area contributed by atoms with Crippen molar-refractivity contribution in [3.63, 3.8) is 0 Å². The van der Waals surface area contributed by atoms with Gasteiger partial charge in [0.2, 0.25) is 0 Å². The summed E-state index contributed by atoms with van der Waals surface area (Å²) >= 11 is 0. The van der Waals surface area contributed by atoms with Crippen molar-refractivity contribution in [2.75, 3.05) is 45.5 Å². The molecule has 3 heterocycles. The van der Waals surface area contributed by atoms with Crippen LogP contribution in [0.1, 0.15) is 32.1 Å². The normalized spacial score (nSPS) is 25.2. The first kappa shape index (κ1) is 22.4. The Balaban J connectivity index is 1.37. The van der Waals surface area contributed by atoms with Crippen LogP contribution in [0.5, 0.6) is 0 Å². The van der Waals surface area contributed by atoms with Gasteiger partial charge in [-0.25, -0.2) is 8.42 Å². The summed E-state index contributed by atoms with van der Waals surface area (Å²) in [5.41, 5.74) is 0.439. The minimum atomic E-state index is -3.54. The zero-order valence-corrected chi connectivity index (χ0v) is 19.3. The van der Waals surface area contributed by atoms with Crippen LogP contribution in [0.4, 0.5) is 0 Å². The average Bonchev–Trinajstić information content (AvgIpc) is 2.78. The van der Waals surface area contributed by atoms with E-state index in [2.05, 4.69) is 4.40 Å². The summed E-state index contributed by atoms with van der Waals surface area (Å²) < 4.78 is 56.0. The second-order valence-corrected chi connectivity index (χ2v) is 12.1. The quantitative estimate of drug-likeness (QED) is 0.577. The van der Waals surface area contributed by atoms with E-state index in [4.69, 9.17) is 0 Å². The van der Waals surface area contributed by atoms with Crippen molar-refractivity contribution in [1.82, 2.24) is 18.4 Å². The van der Waals surface area contributed by atoms with Gasteiger partial charge in [0.05, 0.1) is 11.3 Å². The number of rotatable bonds is 4. The Labute approximate surface area is 184 Å². The maximum atomic E-state index is 13.0. The molecule has 2 fully saturated rings. The Hall–Kier alpha value is -1.76. The van der Waals surface area contributed by atoms with E-state index >= 15 is 0 Å². The van der Waals surface area contributed by atoms with Gasteiger partial charge in [0.25, 0.3) is 26.1 Å². The molecule has 31 heavy (non-hydrogen) atoms. The third kappa shape index (κ3) is 4.71. The van der Waals surface area contributed by atoms with Crippen LogP contribution in [0.25, 0.3) is 0 Å². The standard InChI is InChI=1S/C19H29N5O5S2/c1-21(17-5-3-2-4-6-17)31(28,29)24-11-9-22(10-12-24)19(25)16-7-8-18-20-30(26,27)14-13-23(18)15-16/h7-8,15,17H,2-6,9-14H2,1H3. The lowest BCUT2D eigenvalue weighted by atomic mass is 9.96. The zero-order valence-electron chi connectivity index (χ0n) is 17.7. The number of hydrogen-bond donors (Lipinski definition) is 0. The summed E-state index contributed by atoms with van der Waals surface area (Å²) in [6, 6.07) is 0.0557. The van der Waals surface area contributed by atoms with Gasteiger partial charge in [-0.2, -0.15) is 17.0 Å². The van der Waals surface area contributed by atoms with Crippen molar-refractivity contribution in [1.29, 1.82) is 0 Å². The lowest BCUT2D eigenvalue weighted by Gasteiger charge is -2.39. The zero-order chi connectivity index (χ0) is 22.2. The van der Waals surface area contributed by atoms with Crippen LogP contribution in [0.3, 0.4) is 0 Å². The van der Waals surface area contributed by atoms with Gasteiger partial charge in [-0.1, -0.05) is 19.3 Å². The topological polar surface area (TPSA) is 111 Å². The Morgan fingerprint density at radius 3 is 2.42 bits per heavy atom. The molecule has 0 unspecified atom stereocenters. The highest BCUT2D eigenvalue weighted by atomic mass is 32.2. The van der Waals surface area contributed by atoms with Gasteiger partial charge in [0, 0.05) is 52.0 Å². The summed E-state index contributed by atoms with van der Waals surface area (Å²) in [6.07, 6.45) is 9.80. The van der Waals surface area contributed by atoms with Gasteiger partial charge < -0.3 is 9.80 Å². The van der Waals surface area contributed by atoms with Crippen molar-refractivity contribution >= 4 is 32.0 Å². The number of sulfonamides is 1. The fraction of sp³-hybridized carbons (Fsp3) is 0.684. The van der Waals surface area contributed by atoms with Crippen molar-refractivity contribution in [3.05, 3.63) is 23.9 Å². The third-order valence-corrected chi connectivity index (χ3v) is 9.58. The van der Waals surface area contributed by atoms with E-state index in [1.807, 2.05) is 0 Å². The van der Waals surface area contributed by atoms with E-state index in [0.29, 0.717) is 24.5 Å². The summed E-state index contributed by atoms with van der Waals surface area (Å²) in [7, 11) is -5.32. The van der Waals surface area contributed by atoms with Crippen LogP contribution in [0.2, 0.25) is 0 Å². The van der Waals surface area contributed by atoms with Gasteiger partial charge in [-0.05, 0) is 25.0 Å². The maximum absolute atomic E-state index is 13.0. The summed E-state index contributed by atoms with van der Waals surface area (Å²) in [6.45, 7) is 1.41. The monoisotopic (exact) mass is 471 g/mol. The predicted octanol–water partition coefficient (Wildman–Crippen LogP) is 0.138. The number of carbonyl (C=O) groups is 1. The molecule has 3 aliphatic heterocycles. The molecule has 0 atom stereocenters. The SMILES string of the molecule is CN(C1CCCCC1)S(=O)(=O)N1CCN(C(=O)C2=CN3CCS(=O)(=O)N=C3C=C2)CC1. The first-order valence-electron chi connectivity index (χ1n) is 10.7. The molecule has 1 aliphatic carbocycles. The smallest absolute Gasteiger partial charge is 0.282 e. The second kappa shape index (κ2) is 8.64. The summed E-state index contributed by atoms with van der Waals surface area (Å²) in [4.78, 5) is 16.2. The molecule has 0 aromatic heterocycles. The predicted molar refractivity (Wildman–Crippen MR) is 117 cm³/mol. The molecule has 1 saturated carbocycles. The minimum Gasteiger partial charge on any atom is -0.336 e. The Morgan fingerprint density at radius 2 is 1.74 bits per heavy atom. The largest absolute Gasteiger partial charge is 0.336 e. The van der Waals surface area contributed by atoms with Crippen molar-refractivity contribution < 1.29 is 21.6 Å². The van der Waals surface area contributed by atoms with Crippen LogP contribution in [-0.4, -0.2) is 98.6 Å². The minimum absolute atomic E-state index is 0.0557. The van der Waals surface area contributed by atoms with Crippen LogP contribution >= 0.6 is 0 Å². The van der Waals surface area contributed by atoms with E-state index in [1.165, 1.54) is 14.7 Å². The van der Waals surface area contributed by atoms with E-state index in [1.54, 1.807) is 29.1 Å². The number of amidine groups is 1. The third-order valence-electron chi connectivity index (χ3n) is 6.38. The lowest BCUT2D eigenvalue weighted by Crippen LogP contribution is -2.55. The fourth-order valence-electron chi connectivity index (χ4n) is 4.45. The Bertz CT molecular complexity index is 1020. The van der Waals surface area contributed by atoms with E-state index < -0.39 is 20.2 Å². The van der Waals surface area contributed by atoms with Crippen LogP contribution in [0, 0.1) is 0 Å². The molecule has 0 spiro atoms. The molecule has 10 nitrogen and oxygen atoms in total. The highest BCUT2D eigenvalue weighted by Crippen LogP contribution is 2.25. The number of fused-ring (bicyclic) bond motifs is 1. The number of carbonyl (C=O) groups excluding carboxylic acids is 1. The highest BCUT2D eigenvalue weighted by Gasteiger charge is 2.36. The average molecular weight is 472 g/mol. The fourth-order valence-corrected chi connectivity index (χ4v) is 6.99. The molecule has 0 aromatic rings. The molecule has 0 bridgehead atoms. The van der Waals surface area contributed by atoms with Crippen molar-refractivity contribution in [3.8, 4) is 0 Å². The summed E-state index contributed by atoms with van der Waals surface area (Å²) in [5, 5.41) is 0. The number of piperazine rings is 1. The Morgan fingerprint density at radius 1 is 1.06 bits per heavy atom. The molecule has 1 saturated heterocycles. The van der Waals surface area contributed by atoms with Crippen LogP contribution < -0.4 is 0 Å². The Kier molecular flexibility index (Phi) is 6.25. The molecule has 4 aliphatic rings. The number of amides is 1. The molecule has 12 heteroatoms. The van der Waals surface area contributed by atoms with E-state index in [-0.39, 0.29) is 37.3 Å². The van der Waals surface area contributed by atoms with Crippen LogP contribution in [-0.2, 0) is 25.0 Å². The lowest BCUT2D eigenvalue weighted by molar-refractivity contribution is -0.128. The molecular formula is C19H29N5O5S2. The van der Waals surface area contributed by atoms with E-state index in [0.717, 1.165) is 32.1 Å². The van der Waals surface area contributed by atoms with Gasteiger partial charge >= 0.3 is 0 Å². The van der Waals surface area contributed by atoms with Crippen molar-refractivity contribution in [2.24, 2.45) is 4.40 Å². The number of nitrogens with zero attached hydrogens (tertiary/aromatic N) is 5. The molecule has 0 N–H and O–H groups in total. The van der Waals surface area contributed by atoms with Crippen molar-refractivity contribution in [2.45, 2.75) is 38.1 Å². The van der Waals surface area contributed by atoms with Gasteiger partial charge in [-0.3, -0.25) is 4.79 Å². The highest BCUT2D eigenvalue weighted by molar-refractivity contribution is 7.90. The second-order valence-electron chi connectivity index (χ2n) is 8.35. The summed E-state index contributed by atoms with van der Waals surface area (Å²) in [5.74, 6) is 0.0266. The molecular weight excluding hydrogens is 442 g/mol. The van der Waals surface area contributed by atoms with Gasteiger partial charge in [0.1, 0.15) is 5.84 Å². The first-order chi connectivity index (χ1) is 14.7. The molecule has 0 radical (unpaired) electrons. The molecule has 1 amide bonds. The molecule has 0 aromatic carbocycles. The van der Waals surface area contributed by atoms with Gasteiger partial charge in [-0.15, -0.1) is 4.40 Å².